The van der Waals surface area contributed by atoms with Crippen molar-refractivity contribution in [3.8, 4) is 0 Å². The van der Waals surface area contributed by atoms with E-state index in [2.05, 4.69) is 4.74 Å². The van der Waals surface area contributed by atoms with E-state index in [4.69, 9.17) is 39.9 Å². The Morgan fingerprint density at radius 3 is 2.27 bits per heavy atom. The average molecular weight is 217 g/mol. The van der Waals surface area contributed by atoms with Gasteiger partial charge in [-0.2, -0.15) is 0 Å². The second kappa shape index (κ2) is 3.09. The molecule has 0 aromatic heterocycles. The van der Waals surface area contributed by atoms with Crippen molar-refractivity contribution in [2.75, 3.05) is 0 Å². The molecule has 1 heterocycles. The van der Waals surface area contributed by atoms with Crippen molar-refractivity contribution in [3.63, 3.8) is 0 Å². The molecule has 1 aliphatic heterocycles. The summed E-state index contributed by atoms with van der Waals surface area (Å²) in [4.78, 5) is 9.54. The van der Waals surface area contributed by atoms with Crippen LogP contribution in [-0.2, 0) is 9.53 Å². The van der Waals surface area contributed by atoms with E-state index < -0.39 is 22.1 Å². The topological polar surface area (TPSA) is 46.5 Å². The lowest BCUT2D eigenvalue weighted by Gasteiger charge is -2.04. The number of aliphatic hydroxyl groups excluding tert-OH is 1. The average Bonchev–Trinajstić information content (AvgIpc) is 2.07. The van der Waals surface area contributed by atoms with Crippen LogP contribution in [0.15, 0.2) is 11.3 Å². The van der Waals surface area contributed by atoms with Crippen molar-refractivity contribution in [3.05, 3.63) is 11.3 Å². The SMILES string of the molecule is O=C1OC(Cl)C(C(Cl)Cl)=C1O. The summed E-state index contributed by atoms with van der Waals surface area (Å²) in [5, 5.41) is 8.95. The van der Waals surface area contributed by atoms with Gasteiger partial charge in [-0.3, -0.25) is 0 Å². The molecule has 0 aromatic rings. The molecule has 1 atom stereocenters. The Morgan fingerprint density at radius 1 is 1.55 bits per heavy atom. The summed E-state index contributed by atoms with van der Waals surface area (Å²) in [5.74, 6) is -1.49. The molecule has 0 aromatic carbocycles. The van der Waals surface area contributed by atoms with E-state index in [1.54, 1.807) is 0 Å². The standard InChI is InChI=1S/C5H3Cl3O3/c6-3(7)1-2(9)5(10)11-4(1)8/h3-4,9H. The van der Waals surface area contributed by atoms with Gasteiger partial charge >= 0.3 is 5.97 Å². The second-order valence-electron chi connectivity index (χ2n) is 1.83. The quantitative estimate of drug-likeness (QED) is 0.537. The summed E-state index contributed by atoms with van der Waals surface area (Å²) < 4.78 is 4.38. The molecule has 1 N–H and O–H groups in total. The third kappa shape index (κ3) is 1.55. The van der Waals surface area contributed by atoms with Gasteiger partial charge in [0, 0.05) is 0 Å². The van der Waals surface area contributed by atoms with Crippen molar-refractivity contribution in [2.24, 2.45) is 0 Å². The summed E-state index contributed by atoms with van der Waals surface area (Å²) in [5.41, 5.74) is -1.05. The molecular formula is C5H3Cl3O3. The normalized spacial score (nSPS) is 24.7. The molecule has 0 radical (unpaired) electrons. The number of alkyl halides is 3. The van der Waals surface area contributed by atoms with Gasteiger partial charge in [-0.15, -0.1) is 23.2 Å². The number of carbonyl (C=O) groups excluding carboxylic acids is 1. The summed E-state index contributed by atoms with van der Waals surface area (Å²) in [6.45, 7) is 0. The van der Waals surface area contributed by atoms with Gasteiger partial charge in [-0.1, -0.05) is 11.6 Å². The van der Waals surface area contributed by atoms with Crippen LogP contribution >= 0.6 is 34.8 Å². The molecule has 0 saturated carbocycles. The van der Waals surface area contributed by atoms with Crippen LogP contribution in [0, 0.1) is 0 Å². The van der Waals surface area contributed by atoms with Crippen LogP contribution in [-0.4, -0.2) is 21.5 Å². The van der Waals surface area contributed by atoms with Crippen LogP contribution in [0.3, 0.4) is 0 Å². The Hall–Kier alpha value is -0.120. The van der Waals surface area contributed by atoms with Crippen LogP contribution in [0.2, 0.25) is 0 Å². The molecule has 0 spiro atoms. The zero-order valence-corrected chi connectivity index (χ0v) is 7.32. The van der Waals surface area contributed by atoms with E-state index in [0.29, 0.717) is 0 Å². The van der Waals surface area contributed by atoms with Gasteiger partial charge in [0.05, 0.1) is 5.57 Å². The molecule has 0 aliphatic carbocycles. The fourth-order valence-corrected chi connectivity index (χ4v) is 1.52. The molecular weight excluding hydrogens is 214 g/mol. The molecule has 0 bridgehead atoms. The van der Waals surface area contributed by atoms with E-state index in [-0.39, 0.29) is 5.57 Å². The van der Waals surface area contributed by atoms with Gasteiger partial charge in [-0.25, -0.2) is 4.79 Å². The van der Waals surface area contributed by atoms with Crippen molar-refractivity contribution in [2.45, 2.75) is 10.4 Å². The molecule has 11 heavy (non-hydrogen) atoms. The van der Waals surface area contributed by atoms with Crippen LogP contribution in [0.4, 0.5) is 0 Å². The number of cyclic esters (lactones) is 1. The van der Waals surface area contributed by atoms with E-state index in [1.165, 1.54) is 0 Å². The highest BCUT2D eigenvalue weighted by molar-refractivity contribution is 6.47. The number of hydrogen-bond acceptors (Lipinski definition) is 3. The third-order valence-electron chi connectivity index (χ3n) is 1.16. The number of aliphatic hydroxyl groups is 1. The summed E-state index contributed by atoms with van der Waals surface area (Å²) in [7, 11) is 0. The molecule has 3 nitrogen and oxygen atoms in total. The first-order valence-corrected chi connectivity index (χ1v) is 3.91. The number of carbonyl (C=O) groups is 1. The minimum Gasteiger partial charge on any atom is -0.502 e. The molecule has 0 saturated heterocycles. The van der Waals surface area contributed by atoms with E-state index >= 15 is 0 Å². The summed E-state index contributed by atoms with van der Waals surface area (Å²) >= 11 is 16.2. The molecule has 1 unspecified atom stereocenters. The smallest absolute Gasteiger partial charge is 0.375 e. The molecule has 62 valence electrons. The maximum atomic E-state index is 10.6. The Morgan fingerprint density at radius 2 is 2.09 bits per heavy atom. The minimum absolute atomic E-state index is 0.000000000000000444. The highest BCUT2D eigenvalue weighted by Crippen LogP contribution is 2.30. The number of hydrogen-bond donors (Lipinski definition) is 1. The van der Waals surface area contributed by atoms with Crippen molar-refractivity contribution in [1.82, 2.24) is 0 Å². The highest BCUT2D eigenvalue weighted by Gasteiger charge is 2.36. The zero-order chi connectivity index (χ0) is 8.59. The van der Waals surface area contributed by atoms with Crippen molar-refractivity contribution in [1.29, 1.82) is 0 Å². The van der Waals surface area contributed by atoms with Crippen LogP contribution in [0.25, 0.3) is 0 Å². The van der Waals surface area contributed by atoms with Gasteiger partial charge in [0.15, 0.2) is 0 Å². The summed E-state index contributed by atoms with van der Waals surface area (Å²) in [6, 6.07) is 0. The predicted octanol–water partition coefficient (Wildman–Crippen LogP) is 1.72. The lowest BCUT2D eigenvalue weighted by atomic mass is 10.3. The number of ether oxygens (including phenoxy) is 1. The zero-order valence-electron chi connectivity index (χ0n) is 5.05. The third-order valence-corrected chi connectivity index (χ3v) is 1.95. The van der Waals surface area contributed by atoms with Gasteiger partial charge < -0.3 is 9.84 Å². The van der Waals surface area contributed by atoms with Gasteiger partial charge in [-0.05, 0) is 0 Å². The Balaban J connectivity index is 2.97. The maximum absolute atomic E-state index is 10.6. The first kappa shape index (κ1) is 8.97. The fraction of sp³-hybridized carbons (Fsp3) is 0.400. The van der Waals surface area contributed by atoms with E-state index in [0.717, 1.165) is 0 Å². The Kier molecular flexibility index (Phi) is 2.52. The van der Waals surface area contributed by atoms with Gasteiger partial charge in [0.1, 0.15) is 4.84 Å². The molecule has 0 amide bonds. The van der Waals surface area contributed by atoms with Crippen molar-refractivity contribution >= 4 is 40.8 Å². The van der Waals surface area contributed by atoms with Gasteiger partial charge in [0.2, 0.25) is 11.3 Å². The first-order chi connectivity index (χ1) is 5.04. The van der Waals surface area contributed by atoms with E-state index in [1.807, 2.05) is 0 Å². The molecule has 6 heteroatoms. The maximum Gasteiger partial charge on any atom is 0.375 e. The number of halogens is 3. The first-order valence-electron chi connectivity index (χ1n) is 2.60. The van der Waals surface area contributed by atoms with E-state index in [9.17, 15) is 4.79 Å². The summed E-state index contributed by atoms with van der Waals surface area (Å²) in [6.07, 6.45) is 0. The van der Waals surface area contributed by atoms with Crippen LogP contribution in [0.1, 0.15) is 0 Å². The molecule has 1 rings (SSSR count). The largest absolute Gasteiger partial charge is 0.502 e. The second-order valence-corrected chi connectivity index (χ2v) is 3.32. The molecule has 1 aliphatic rings. The lowest BCUT2D eigenvalue weighted by Crippen LogP contribution is -2.06. The fourth-order valence-electron chi connectivity index (χ4n) is 0.641. The van der Waals surface area contributed by atoms with Crippen molar-refractivity contribution < 1.29 is 14.6 Å². The number of esters is 1. The highest BCUT2D eigenvalue weighted by atomic mass is 35.5. The minimum atomic E-state index is -1.05. The lowest BCUT2D eigenvalue weighted by molar-refractivity contribution is -0.139. The number of rotatable bonds is 1. The van der Waals surface area contributed by atoms with Gasteiger partial charge in [0.25, 0.3) is 0 Å². The van der Waals surface area contributed by atoms with Crippen LogP contribution in [0.5, 0.6) is 0 Å². The Bertz CT molecular complexity index is 223. The predicted molar refractivity (Wildman–Crippen MR) is 40.9 cm³/mol. The molecule has 0 fully saturated rings. The van der Waals surface area contributed by atoms with Crippen LogP contribution < -0.4 is 0 Å². The Labute approximate surface area is 77.5 Å². The monoisotopic (exact) mass is 216 g/mol.